The van der Waals surface area contributed by atoms with Crippen molar-refractivity contribution in [3.8, 4) is 0 Å². The fourth-order valence-electron chi connectivity index (χ4n) is 4.09. The van der Waals surface area contributed by atoms with E-state index in [0.29, 0.717) is 18.7 Å². The standard InChI is InChI=1S/C21H25N3O3/c1-15-14-16(8-9-17(15)24-12-10-22-21(24)26)20(25)23-11-4-2-3-6-18(23)19-7-5-13-27-19/h5,7-9,13-14,18H,2-4,6,10-12H2,1H3,(H,22,26). The van der Waals surface area contributed by atoms with Gasteiger partial charge in [0.2, 0.25) is 0 Å². The number of amides is 3. The minimum atomic E-state index is -0.0809. The van der Waals surface area contributed by atoms with E-state index in [1.165, 1.54) is 0 Å². The minimum absolute atomic E-state index is 0.0145. The zero-order chi connectivity index (χ0) is 18.8. The first-order chi connectivity index (χ1) is 13.1. The number of furan rings is 1. The number of benzene rings is 1. The van der Waals surface area contributed by atoms with Crippen LogP contribution in [0.5, 0.6) is 0 Å². The van der Waals surface area contributed by atoms with Crippen LogP contribution in [-0.2, 0) is 0 Å². The molecule has 0 radical (unpaired) electrons. The van der Waals surface area contributed by atoms with E-state index in [2.05, 4.69) is 5.32 Å². The van der Waals surface area contributed by atoms with E-state index in [9.17, 15) is 9.59 Å². The van der Waals surface area contributed by atoms with Crippen molar-refractivity contribution in [2.75, 3.05) is 24.5 Å². The lowest BCUT2D eigenvalue weighted by Crippen LogP contribution is -2.35. The Kier molecular flexibility index (Phi) is 4.88. The van der Waals surface area contributed by atoms with Crippen LogP contribution in [0.3, 0.4) is 0 Å². The van der Waals surface area contributed by atoms with Crippen molar-refractivity contribution in [3.63, 3.8) is 0 Å². The van der Waals surface area contributed by atoms with Gasteiger partial charge in [0.1, 0.15) is 5.76 Å². The number of nitrogens with zero attached hydrogens (tertiary/aromatic N) is 2. The molecule has 6 nitrogen and oxygen atoms in total. The number of aryl methyl sites for hydroxylation is 1. The van der Waals surface area contributed by atoms with Crippen molar-refractivity contribution >= 4 is 17.6 Å². The number of hydrogen-bond donors (Lipinski definition) is 1. The van der Waals surface area contributed by atoms with Crippen LogP contribution < -0.4 is 10.2 Å². The van der Waals surface area contributed by atoms with E-state index in [1.807, 2.05) is 42.2 Å². The largest absolute Gasteiger partial charge is 0.467 e. The van der Waals surface area contributed by atoms with Gasteiger partial charge in [-0.15, -0.1) is 0 Å². The SMILES string of the molecule is Cc1cc(C(=O)N2CCCCCC2c2ccco2)ccc1N1CCNC1=O. The summed E-state index contributed by atoms with van der Waals surface area (Å²) < 4.78 is 5.62. The maximum Gasteiger partial charge on any atom is 0.322 e. The highest BCUT2D eigenvalue weighted by molar-refractivity contribution is 5.98. The molecule has 0 aliphatic carbocycles. The number of likely N-dealkylation sites (tertiary alicyclic amines) is 1. The molecule has 3 amide bonds. The lowest BCUT2D eigenvalue weighted by Gasteiger charge is -2.29. The highest BCUT2D eigenvalue weighted by Crippen LogP contribution is 2.32. The number of nitrogens with one attached hydrogen (secondary N) is 1. The van der Waals surface area contributed by atoms with E-state index in [4.69, 9.17) is 4.42 Å². The molecule has 2 fully saturated rings. The van der Waals surface area contributed by atoms with Gasteiger partial charge in [-0.25, -0.2) is 4.79 Å². The third-order valence-corrected chi connectivity index (χ3v) is 5.48. The van der Waals surface area contributed by atoms with E-state index >= 15 is 0 Å². The first-order valence-corrected chi connectivity index (χ1v) is 9.65. The topological polar surface area (TPSA) is 65.8 Å². The molecule has 1 unspecified atom stereocenters. The molecule has 4 rings (SSSR count). The molecule has 0 bridgehead atoms. The second kappa shape index (κ2) is 7.47. The Labute approximate surface area is 159 Å². The molecule has 1 N–H and O–H groups in total. The van der Waals surface area contributed by atoms with Gasteiger partial charge in [-0.1, -0.05) is 12.8 Å². The number of hydrogen-bond acceptors (Lipinski definition) is 3. The van der Waals surface area contributed by atoms with E-state index in [1.54, 1.807) is 11.2 Å². The predicted octanol–water partition coefficient (Wildman–Crippen LogP) is 3.88. The maximum atomic E-state index is 13.3. The Hall–Kier alpha value is -2.76. The third kappa shape index (κ3) is 3.44. The van der Waals surface area contributed by atoms with Crippen LogP contribution in [-0.4, -0.2) is 36.5 Å². The smallest absolute Gasteiger partial charge is 0.322 e. The molecule has 1 aromatic heterocycles. The van der Waals surface area contributed by atoms with Crippen LogP contribution in [0.4, 0.5) is 10.5 Å². The molecule has 1 atom stereocenters. The average Bonchev–Trinajstić information content (AvgIpc) is 3.28. The van der Waals surface area contributed by atoms with Gasteiger partial charge in [0.15, 0.2) is 0 Å². The molecule has 0 saturated carbocycles. The van der Waals surface area contributed by atoms with Gasteiger partial charge in [0, 0.05) is 30.9 Å². The van der Waals surface area contributed by atoms with Crippen molar-refractivity contribution in [2.45, 2.75) is 38.6 Å². The summed E-state index contributed by atoms with van der Waals surface area (Å²) in [4.78, 5) is 28.9. The number of urea groups is 1. The van der Waals surface area contributed by atoms with E-state index < -0.39 is 0 Å². The minimum Gasteiger partial charge on any atom is -0.467 e. The van der Waals surface area contributed by atoms with Crippen LogP contribution in [0.2, 0.25) is 0 Å². The quantitative estimate of drug-likeness (QED) is 0.895. The van der Waals surface area contributed by atoms with Crippen LogP contribution in [0, 0.1) is 6.92 Å². The molecule has 2 aliphatic rings. The van der Waals surface area contributed by atoms with Crippen molar-refractivity contribution < 1.29 is 14.0 Å². The summed E-state index contributed by atoms with van der Waals surface area (Å²) in [5.74, 6) is 0.881. The van der Waals surface area contributed by atoms with Gasteiger partial charge in [-0.2, -0.15) is 0 Å². The van der Waals surface area contributed by atoms with Gasteiger partial charge >= 0.3 is 6.03 Å². The number of anilines is 1. The molecule has 142 valence electrons. The second-order valence-corrected chi connectivity index (χ2v) is 7.26. The fraction of sp³-hybridized carbons (Fsp3) is 0.429. The van der Waals surface area contributed by atoms with E-state index in [-0.39, 0.29) is 18.0 Å². The van der Waals surface area contributed by atoms with Crippen molar-refractivity contribution in [3.05, 3.63) is 53.5 Å². The Morgan fingerprint density at radius 3 is 2.78 bits per heavy atom. The Bertz CT molecular complexity index is 831. The summed E-state index contributed by atoms with van der Waals surface area (Å²) in [6.45, 7) is 3.99. The molecule has 2 aromatic rings. The zero-order valence-electron chi connectivity index (χ0n) is 15.6. The predicted molar refractivity (Wildman–Crippen MR) is 103 cm³/mol. The lowest BCUT2D eigenvalue weighted by molar-refractivity contribution is 0.0658. The monoisotopic (exact) mass is 367 g/mol. The summed E-state index contributed by atoms with van der Waals surface area (Å²) in [6.07, 6.45) is 5.82. The lowest BCUT2D eigenvalue weighted by atomic mass is 10.0. The van der Waals surface area contributed by atoms with Gasteiger partial charge in [-0.3, -0.25) is 9.69 Å². The Morgan fingerprint density at radius 2 is 2.07 bits per heavy atom. The molecular formula is C21H25N3O3. The third-order valence-electron chi connectivity index (χ3n) is 5.48. The summed E-state index contributed by atoms with van der Waals surface area (Å²) in [5.41, 5.74) is 2.46. The van der Waals surface area contributed by atoms with Gasteiger partial charge in [-0.05, 0) is 55.7 Å². The summed E-state index contributed by atoms with van der Waals surface area (Å²) in [7, 11) is 0. The Morgan fingerprint density at radius 1 is 1.19 bits per heavy atom. The van der Waals surface area contributed by atoms with Gasteiger partial charge in [0.05, 0.1) is 12.3 Å². The maximum absolute atomic E-state index is 13.3. The first-order valence-electron chi connectivity index (χ1n) is 9.65. The number of carbonyl (C=O) groups is 2. The Balaban J connectivity index is 1.60. The normalized spacial score (nSPS) is 20.5. The molecule has 27 heavy (non-hydrogen) atoms. The van der Waals surface area contributed by atoms with Crippen molar-refractivity contribution in [1.82, 2.24) is 10.2 Å². The second-order valence-electron chi connectivity index (χ2n) is 7.26. The molecule has 1 aromatic carbocycles. The summed E-state index contributed by atoms with van der Waals surface area (Å²) in [6, 6.07) is 9.35. The van der Waals surface area contributed by atoms with Gasteiger partial charge < -0.3 is 14.6 Å². The summed E-state index contributed by atoms with van der Waals surface area (Å²) >= 11 is 0. The molecule has 3 heterocycles. The average molecular weight is 367 g/mol. The molecule has 2 saturated heterocycles. The van der Waals surface area contributed by atoms with Gasteiger partial charge in [0.25, 0.3) is 5.91 Å². The van der Waals surface area contributed by atoms with Crippen LogP contribution in [0.25, 0.3) is 0 Å². The molecule has 2 aliphatic heterocycles. The zero-order valence-corrected chi connectivity index (χ0v) is 15.6. The number of rotatable bonds is 3. The molecule has 0 spiro atoms. The highest BCUT2D eigenvalue weighted by atomic mass is 16.3. The highest BCUT2D eigenvalue weighted by Gasteiger charge is 2.30. The molecule has 6 heteroatoms. The number of carbonyl (C=O) groups excluding carboxylic acids is 2. The molecular weight excluding hydrogens is 342 g/mol. The van der Waals surface area contributed by atoms with E-state index in [0.717, 1.165) is 49.2 Å². The van der Waals surface area contributed by atoms with Crippen LogP contribution in [0.15, 0.2) is 41.0 Å². The van der Waals surface area contributed by atoms with Crippen molar-refractivity contribution in [1.29, 1.82) is 0 Å². The summed E-state index contributed by atoms with van der Waals surface area (Å²) in [5, 5.41) is 2.81. The van der Waals surface area contributed by atoms with Crippen molar-refractivity contribution in [2.24, 2.45) is 0 Å². The first kappa shape index (κ1) is 17.6. The van der Waals surface area contributed by atoms with Crippen LogP contribution >= 0.6 is 0 Å². The van der Waals surface area contributed by atoms with Crippen LogP contribution in [0.1, 0.15) is 53.4 Å². The fourth-order valence-corrected chi connectivity index (χ4v) is 4.09.